The van der Waals surface area contributed by atoms with Crippen molar-refractivity contribution in [1.82, 2.24) is 9.97 Å². The number of nitrogens with one attached hydrogen (secondary N) is 1. The Bertz CT molecular complexity index is 918. The van der Waals surface area contributed by atoms with Crippen LogP contribution in [0.4, 0.5) is 24.8 Å². The molecule has 0 radical (unpaired) electrons. The van der Waals surface area contributed by atoms with E-state index < -0.39 is 17.6 Å². The number of anilines is 2. The van der Waals surface area contributed by atoms with Crippen molar-refractivity contribution in [3.8, 4) is 6.07 Å². The number of hydrogen-bond acceptors (Lipinski definition) is 7. The second-order valence-corrected chi connectivity index (χ2v) is 7.08. The molecule has 0 aliphatic rings. The third kappa shape index (κ3) is 5.41. The van der Waals surface area contributed by atoms with Crippen molar-refractivity contribution in [2.45, 2.75) is 16.2 Å². The van der Waals surface area contributed by atoms with Gasteiger partial charge in [0.2, 0.25) is 11.9 Å². The average molecular weight is 434 g/mol. The summed E-state index contributed by atoms with van der Waals surface area (Å²) in [5.41, 5.74) is 4.66. The number of nitriles is 1. The van der Waals surface area contributed by atoms with Crippen molar-refractivity contribution in [2.24, 2.45) is 0 Å². The van der Waals surface area contributed by atoms with Crippen molar-refractivity contribution in [2.75, 3.05) is 23.1 Å². The fourth-order valence-corrected chi connectivity index (χ4v) is 3.45. The van der Waals surface area contributed by atoms with Crippen LogP contribution in [0.3, 0.4) is 0 Å². The molecule has 0 spiro atoms. The Hall–Kier alpha value is -2.16. The predicted molar refractivity (Wildman–Crippen MR) is 98.7 cm³/mol. The average Bonchev–Trinajstić information content (AvgIpc) is 2.60. The van der Waals surface area contributed by atoms with Crippen LogP contribution in [0.15, 0.2) is 28.3 Å². The molecule has 0 saturated carbocycles. The van der Waals surface area contributed by atoms with Gasteiger partial charge in [0.1, 0.15) is 21.7 Å². The Labute approximate surface area is 165 Å². The molecule has 2 rings (SSSR count). The van der Waals surface area contributed by atoms with Crippen molar-refractivity contribution in [1.29, 1.82) is 5.26 Å². The fraction of sp³-hybridized carbons (Fsp3) is 0.200. The fourth-order valence-electron chi connectivity index (χ4n) is 1.90. The van der Waals surface area contributed by atoms with E-state index in [1.807, 2.05) is 6.07 Å². The number of nitrogens with zero attached hydrogens (tertiary/aromatic N) is 3. The number of alkyl halides is 3. The zero-order valence-electron chi connectivity index (χ0n) is 13.6. The van der Waals surface area contributed by atoms with Crippen LogP contribution < -0.4 is 11.1 Å². The van der Waals surface area contributed by atoms with E-state index in [1.165, 1.54) is 11.8 Å². The smallest absolute Gasteiger partial charge is 0.368 e. The third-order valence-corrected chi connectivity index (χ3v) is 5.06. The second-order valence-electron chi connectivity index (χ2n) is 4.91. The number of hydrogen-bond donors (Lipinski definition) is 2. The van der Waals surface area contributed by atoms with Crippen LogP contribution in [0.1, 0.15) is 11.1 Å². The van der Waals surface area contributed by atoms with Gasteiger partial charge in [-0.2, -0.15) is 18.4 Å². The number of nitrogen functional groups attached to an aromatic ring is 1. The summed E-state index contributed by atoms with van der Waals surface area (Å²) in [5.74, 6) is -0.888. The first-order valence-corrected chi connectivity index (χ1v) is 9.65. The van der Waals surface area contributed by atoms with Gasteiger partial charge in [0, 0.05) is 0 Å². The first-order valence-electron chi connectivity index (χ1n) is 7.06. The van der Waals surface area contributed by atoms with Gasteiger partial charge in [-0.15, -0.1) is 11.8 Å². The van der Waals surface area contributed by atoms with E-state index >= 15 is 0 Å². The maximum absolute atomic E-state index is 12.8. The largest absolute Gasteiger partial charge is 0.416 e. The van der Waals surface area contributed by atoms with E-state index in [1.54, 1.807) is 6.26 Å². The Morgan fingerprint density at radius 3 is 2.63 bits per heavy atom. The van der Waals surface area contributed by atoms with E-state index in [0.29, 0.717) is 5.03 Å². The van der Waals surface area contributed by atoms with Crippen molar-refractivity contribution in [3.05, 3.63) is 34.3 Å². The van der Waals surface area contributed by atoms with Crippen LogP contribution in [0, 0.1) is 11.3 Å². The summed E-state index contributed by atoms with van der Waals surface area (Å²) in [6, 6.07) is 4.57. The van der Waals surface area contributed by atoms with Gasteiger partial charge in [-0.05, 0) is 24.5 Å². The van der Waals surface area contributed by atoms with Crippen molar-refractivity contribution < 1.29 is 18.0 Å². The zero-order valence-corrected chi connectivity index (χ0v) is 16.0. The van der Waals surface area contributed by atoms with Crippen LogP contribution in [-0.4, -0.2) is 27.9 Å². The summed E-state index contributed by atoms with van der Waals surface area (Å²) in [6.07, 6.45) is -2.85. The number of thioether (sulfide) groups is 2. The molecule has 0 aliphatic heterocycles. The van der Waals surface area contributed by atoms with E-state index in [-0.39, 0.29) is 33.0 Å². The predicted octanol–water partition coefficient (Wildman–Crippen LogP) is 4.06. The molecule has 2 aromatic rings. The molecule has 0 saturated heterocycles. The highest BCUT2D eigenvalue weighted by molar-refractivity contribution is 8.00. The van der Waals surface area contributed by atoms with Crippen LogP contribution >= 0.6 is 35.1 Å². The van der Waals surface area contributed by atoms with Gasteiger partial charge in [0.25, 0.3) is 0 Å². The van der Waals surface area contributed by atoms with E-state index in [9.17, 15) is 23.2 Å². The molecule has 1 heterocycles. The Morgan fingerprint density at radius 2 is 2.04 bits per heavy atom. The second kappa shape index (κ2) is 8.69. The topological polar surface area (TPSA) is 105 Å². The molecule has 1 amide bonds. The quantitative estimate of drug-likeness (QED) is 0.541. The maximum atomic E-state index is 12.8. The molecule has 0 fully saturated rings. The number of aromatic nitrogens is 2. The molecule has 1 aromatic carbocycles. The van der Waals surface area contributed by atoms with E-state index in [2.05, 4.69) is 15.3 Å². The van der Waals surface area contributed by atoms with Crippen molar-refractivity contribution in [3.63, 3.8) is 0 Å². The molecular weight excluding hydrogens is 423 g/mol. The van der Waals surface area contributed by atoms with Gasteiger partial charge in [0.15, 0.2) is 0 Å². The summed E-state index contributed by atoms with van der Waals surface area (Å²) in [4.78, 5) is 20.0. The highest BCUT2D eigenvalue weighted by Crippen LogP contribution is 2.34. The summed E-state index contributed by atoms with van der Waals surface area (Å²) < 4.78 is 38.3. The highest BCUT2D eigenvalue weighted by Gasteiger charge is 2.31. The molecule has 6 nitrogen and oxygen atoms in total. The Balaban J connectivity index is 2.14. The maximum Gasteiger partial charge on any atom is 0.416 e. The number of carbonyl (C=O) groups excluding carboxylic acids is 1. The molecule has 12 heteroatoms. The highest BCUT2D eigenvalue weighted by atomic mass is 35.5. The molecular formula is C15H11ClF3N5OS2. The lowest BCUT2D eigenvalue weighted by molar-refractivity contribution is -0.137. The molecule has 0 bridgehead atoms. The number of halogens is 4. The lowest BCUT2D eigenvalue weighted by Crippen LogP contribution is -2.16. The van der Waals surface area contributed by atoms with Gasteiger partial charge >= 0.3 is 6.18 Å². The molecule has 142 valence electrons. The lowest BCUT2D eigenvalue weighted by atomic mass is 10.2. The summed E-state index contributed by atoms with van der Waals surface area (Å²) >= 11 is 7.96. The van der Waals surface area contributed by atoms with E-state index in [4.69, 9.17) is 17.3 Å². The van der Waals surface area contributed by atoms with Gasteiger partial charge in [-0.25, -0.2) is 9.97 Å². The number of carbonyl (C=O) groups is 1. The molecule has 1 aromatic heterocycles. The minimum atomic E-state index is -4.56. The minimum Gasteiger partial charge on any atom is -0.368 e. The standard InChI is InChI=1S/C15H11ClF3N5OS2/c1-26-12-8(5-20)13(24-14(21)23-12)27-6-11(25)22-10-4-7(15(17,18)19)2-3-9(10)16/h2-4H,6H2,1H3,(H,22,25)(H2,21,23,24). The minimum absolute atomic E-state index is 0.0324. The number of amides is 1. The Morgan fingerprint density at radius 1 is 1.37 bits per heavy atom. The monoisotopic (exact) mass is 433 g/mol. The summed E-state index contributed by atoms with van der Waals surface area (Å²) in [7, 11) is 0. The summed E-state index contributed by atoms with van der Waals surface area (Å²) in [5, 5.41) is 12.1. The molecule has 0 unspecified atom stereocenters. The first kappa shape index (κ1) is 21.1. The van der Waals surface area contributed by atoms with Crippen LogP contribution in [0.2, 0.25) is 5.02 Å². The van der Waals surface area contributed by atoms with Crippen molar-refractivity contribution >= 4 is 52.7 Å². The van der Waals surface area contributed by atoms with Gasteiger partial charge in [-0.1, -0.05) is 23.4 Å². The molecule has 0 aliphatic carbocycles. The number of benzene rings is 1. The molecule has 27 heavy (non-hydrogen) atoms. The first-order chi connectivity index (χ1) is 12.7. The molecule has 0 atom stereocenters. The van der Waals surface area contributed by atoms with Gasteiger partial charge in [-0.3, -0.25) is 4.79 Å². The van der Waals surface area contributed by atoms with Gasteiger partial charge < -0.3 is 11.1 Å². The SMILES string of the molecule is CSc1nc(N)nc(SCC(=O)Nc2cc(C(F)(F)F)ccc2Cl)c1C#N. The van der Waals surface area contributed by atoms with Crippen LogP contribution in [0.25, 0.3) is 0 Å². The normalized spacial score (nSPS) is 11.1. The third-order valence-electron chi connectivity index (χ3n) is 3.07. The van der Waals surface area contributed by atoms with E-state index in [0.717, 1.165) is 30.0 Å². The lowest BCUT2D eigenvalue weighted by Gasteiger charge is -2.12. The Kier molecular flexibility index (Phi) is 6.80. The molecule has 3 N–H and O–H groups in total. The number of nitrogens with two attached hydrogens (primary N) is 1. The van der Waals surface area contributed by atoms with Gasteiger partial charge in [0.05, 0.1) is 22.0 Å². The van der Waals surface area contributed by atoms with Crippen LogP contribution in [0.5, 0.6) is 0 Å². The van der Waals surface area contributed by atoms with Crippen LogP contribution in [-0.2, 0) is 11.0 Å². The summed E-state index contributed by atoms with van der Waals surface area (Å²) in [6.45, 7) is 0. The zero-order chi connectivity index (χ0) is 20.2. The number of rotatable bonds is 5.